The molecule has 0 bridgehead atoms. The molecule has 0 heterocycles. The van der Waals surface area contributed by atoms with Crippen LogP contribution < -0.4 is 10.6 Å². The number of para-hydroxylation sites is 1. The number of nitrogens with one attached hydrogen (secondary N) is 2. The Morgan fingerprint density at radius 2 is 1.80 bits per heavy atom. The molecule has 2 rings (SSSR count). The van der Waals surface area contributed by atoms with E-state index >= 15 is 0 Å². The van der Waals surface area contributed by atoms with Crippen LogP contribution in [0.25, 0.3) is 0 Å². The number of benzene rings is 2. The number of ketones is 1. The van der Waals surface area contributed by atoms with Crippen molar-refractivity contribution in [3.8, 4) is 0 Å². The summed E-state index contributed by atoms with van der Waals surface area (Å²) in [5, 5.41) is 14.3. The van der Waals surface area contributed by atoms with Crippen LogP contribution in [0, 0.1) is 5.82 Å². The van der Waals surface area contributed by atoms with Crippen LogP contribution in [0.15, 0.2) is 40.9 Å². The number of carbonyl (C=O) groups excluding carboxylic acids is 2. The van der Waals surface area contributed by atoms with Gasteiger partial charge in [0.1, 0.15) is 5.82 Å². The minimum Gasteiger partial charge on any atom is -0.478 e. The molecule has 2 aromatic carbocycles. The quantitative estimate of drug-likeness (QED) is 0.635. The second-order valence-corrected chi connectivity index (χ2v) is 5.97. The maximum Gasteiger partial charge on any atom is 0.337 e. The number of aromatic carboxylic acids is 1. The molecule has 0 aromatic heterocycles. The highest BCUT2D eigenvalue weighted by molar-refractivity contribution is 9.10. The fourth-order valence-corrected chi connectivity index (χ4v) is 2.48. The molecule has 0 fully saturated rings. The van der Waals surface area contributed by atoms with Crippen molar-refractivity contribution >= 4 is 45.0 Å². The van der Waals surface area contributed by atoms with E-state index < -0.39 is 17.7 Å². The lowest BCUT2D eigenvalue weighted by Crippen LogP contribution is -2.23. The van der Waals surface area contributed by atoms with Crippen molar-refractivity contribution in [1.82, 2.24) is 0 Å². The van der Waals surface area contributed by atoms with Gasteiger partial charge in [0.05, 0.1) is 22.3 Å². The lowest BCUT2D eigenvalue weighted by Gasteiger charge is -2.12. The van der Waals surface area contributed by atoms with E-state index in [9.17, 15) is 18.8 Å². The van der Waals surface area contributed by atoms with E-state index in [1.807, 2.05) is 0 Å². The molecule has 0 aliphatic rings. The molecule has 0 aliphatic heterocycles. The van der Waals surface area contributed by atoms with Crippen LogP contribution in [0.2, 0.25) is 0 Å². The monoisotopic (exact) mass is 408 g/mol. The first kappa shape index (κ1) is 18.6. The first-order chi connectivity index (χ1) is 11.8. The Kier molecular flexibility index (Phi) is 5.87. The van der Waals surface area contributed by atoms with Crippen LogP contribution in [0.3, 0.4) is 0 Å². The molecule has 0 spiro atoms. The highest BCUT2D eigenvalue weighted by atomic mass is 79.9. The summed E-state index contributed by atoms with van der Waals surface area (Å²) in [7, 11) is 0. The maximum absolute atomic E-state index is 13.6. The Morgan fingerprint density at radius 3 is 2.44 bits per heavy atom. The Balaban J connectivity index is 2.12. The summed E-state index contributed by atoms with van der Waals surface area (Å²) >= 11 is 3.02. The summed E-state index contributed by atoms with van der Waals surface area (Å²) in [4.78, 5) is 34.8. The van der Waals surface area contributed by atoms with Crippen LogP contribution >= 0.6 is 15.9 Å². The number of carboxylic acid groups (broad SMARTS) is 1. The lowest BCUT2D eigenvalue weighted by atomic mass is 10.1. The molecule has 1 amide bonds. The first-order valence-electron chi connectivity index (χ1n) is 7.15. The average molecular weight is 409 g/mol. The molecule has 0 radical (unpaired) electrons. The molecule has 0 saturated carbocycles. The zero-order valence-electron chi connectivity index (χ0n) is 13.1. The summed E-state index contributed by atoms with van der Waals surface area (Å²) in [5.74, 6) is -2.62. The second kappa shape index (κ2) is 7.89. The third-order valence-corrected chi connectivity index (χ3v) is 3.92. The second-order valence-electron chi connectivity index (χ2n) is 5.12. The van der Waals surface area contributed by atoms with Gasteiger partial charge in [-0.05, 0) is 47.1 Å². The molecule has 2 aromatic rings. The average Bonchev–Trinajstić information content (AvgIpc) is 2.55. The van der Waals surface area contributed by atoms with Gasteiger partial charge in [-0.1, -0.05) is 12.1 Å². The minimum absolute atomic E-state index is 0.0372. The molecule has 0 aliphatic carbocycles. The highest BCUT2D eigenvalue weighted by Crippen LogP contribution is 2.25. The van der Waals surface area contributed by atoms with Gasteiger partial charge < -0.3 is 15.7 Å². The van der Waals surface area contributed by atoms with Gasteiger partial charge in [0.2, 0.25) is 5.91 Å². The Labute approximate surface area is 151 Å². The van der Waals surface area contributed by atoms with Gasteiger partial charge in [-0.25, -0.2) is 9.18 Å². The normalized spacial score (nSPS) is 10.2. The van der Waals surface area contributed by atoms with E-state index in [1.54, 1.807) is 12.1 Å². The summed E-state index contributed by atoms with van der Waals surface area (Å²) < 4.78 is 13.7. The van der Waals surface area contributed by atoms with E-state index in [0.29, 0.717) is 5.69 Å². The standard InChI is InChI=1S/C17H14BrFN2O4/c1-9(22)11-6-13(19)12(18)7-15(11)20-8-16(23)21-14-5-3-2-4-10(14)17(24)25/h2-7,20H,8H2,1H3,(H,21,23)(H,24,25). The van der Waals surface area contributed by atoms with Crippen molar-refractivity contribution in [3.05, 3.63) is 57.8 Å². The molecule has 8 heteroatoms. The third-order valence-electron chi connectivity index (χ3n) is 3.31. The number of anilines is 2. The van der Waals surface area contributed by atoms with Gasteiger partial charge in [-0.15, -0.1) is 0 Å². The fraction of sp³-hybridized carbons (Fsp3) is 0.118. The summed E-state index contributed by atoms with van der Waals surface area (Å²) in [6.07, 6.45) is 0. The van der Waals surface area contributed by atoms with Crippen LogP contribution in [0.4, 0.5) is 15.8 Å². The number of Topliss-reactive ketones (excluding diaryl/α,β-unsaturated/α-hetero) is 1. The van der Waals surface area contributed by atoms with Gasteiger partial charge in [0, 0.05) is 11.3 Å². The minimum atomic E-state index is -1.16. The van der Waals surface area contributed by atoms with E-state index in [-0.39, 0.29) is 33.6 Å². The van der Waals surface area contributed by atoms with Crippen molar-refractivity contribution < 1.29 is 23.9 Å². The third kappa shape index (κ3) is 4.63. The SMILES string of the molecule is CC(=O)c1cc(F)c(Br)cc1NCC(=O)Nc1ccccc1C(=O)O. The summed E-state index contributed by atoms with van der Waals surface area (Å²) in [6.45, 7) is 1.06. The van der Waals surface area contributed by atoms with Gasteiger partial charge in [0.25, 0.3) is 0 Å². The number of carboxylic acids is 1. The van der Waals surface area contributed by atoms with Crippen molar-refractivity contribution in [3.63, 3.8) is 0 Å². The van der Waals surface area contributed by atoms with Crippen LogP contribution in [0.5, 0.6) is 0 Å². The van der Waals surface area contributed by atoms with Gasteiger partial charge in [-0.2, -0.15) is 0 Å². The number of amides is 1. The van der Waals surface area contributed by atoms with Crippen molar-refractivity contribution in [2.75, 3.05) is 17.2 Å². The first-order valence-corrected chi connectivity index (χ1v) is 7.95. The molecule has 0 saturated heterocycles. The van der Waals surface area contributed by atoms with Gasteiger partial charge in [0.15, 0.2) is 5.78 Å². The maximum atomic E-state index is 13.6. The molecular weight excluding hydrogens is 395 g/mol. The zero-order valence-corrected chi connectivity index (χ0v) is 14.7. The van der Waals surface area contributed by atoms with Crippen molar-refractivity contribution in [2.45, 2.75) is 6.92 Å². The molecular formula is C17H14BrFN2O4. The largest absolute Gasteiger partial charge is 0.478 e. The fourth-order valence-electron chi connectivity index (χ4n) is 2.13. The van der Waals surface area contributed by atoms with Crippen molar-refractivity contribution in [1.29, 1.82) is 0 Å². The highest BCUT2D eigenvalue weighted by Gasteiger charge is 2.14. The predicted octanol–water partition coefficient (Wildman–Crippen LogP) is 3.54. The Morgan fingerprint density at radius 1 is 1.12 bits per heavy atom. The smallest absolute Gasteiger partial charge is 0.337 e. The molecule has 0 unspecified atom stereocenters. The Hall–Kier alpha value is -2.74. The van der Waals surface area contributed by atoms with E-state index in [1.165, 1.54) is 25.1 Å². The van der Waals surface area contributed by atoms with E-state index in [4.69, 9.17) is 5.11 Å². The number of hydrogen-bond acceptors (Lipinski definition) is 4. The molecule has 130 valence electrons. The number of carbonyl (C=O) groups is 3. The van der Waals surface area contributed by atoms with Gasteiger partial charge >= 0.3 is 5.97 Å². The number of halogens is 2. The lowest BCUT2D eigenvalue weighted by molar-refractivity contribution is -0.114. The van der Waals surface area contributed by atoms with E-state index in [2.05, 4.69) is 26.6 Å². The van der Waals surface area contributed by atoms with Crippen LogP contribution in [0.1, 0.15) is 27.6 Å². The van der Waals surface area contributed by atoms with E-state index in [0.717, 1.165) is 6.07 Å². The van der Waals surface area contributed by atoms with Gasteiger partial charge in [-0.3, -0.25) is 9.59 Å². The molecule has 25 heavy (non-hydrogen) atoms. The zero-order chi connectivity index (χ0) is 18.6. The molecule has 0 atom stereocenters. The topological polar surface area (TPSA) is 95.5 Å². The van der Waals surface area contributed by atoms with Crippen LogP contribution in [-0.2, 0) is 4.79 Å². The number of hydrogen-bond donors (Lipinski definition) is 3. The predicted molar refractivity (Wildman–Crippen MR) is 94.6 cm³/mol. The summed E-state index contributed by atoms with van der Waals surface area (Å²) in [5.41, 5.74) is 0.528. The molecule has 3 N–H and O–H groups in total. The molecule has 6 nitrogen and oxygen atoms in total. The Bertz CT molecular complexity index is 855. The van der Waals surface area contributed by atoms with Crippen molar-refractivity contribution in [2.24, 2.45) is 0 Å². The van der Waals surface area contributed by atoms with Crippen LogP contribution in [-0.4, -0.2) is 29.3 Å². The summed E-state index contributed by atoms with van der Waals surface area (Å²) in [6, 6.07) is 8.43. The number of rotatable bonds is 6.